The average molecular weight is 329 g/mol. The maximum absolute atomic E-state index is 12.9. The lowest BCUT2D eigenvalue weighted by atomic mass is 10.0. The number of nitrogens with one attached hydrogen (secondary N) is 1. The number of amides is 1. The minimum atomic E-state index is -4.43. The summed E-state index contributed by atoms with van der Waals surface area (Å²) in [5.74, 6) is -0.376. The summed E-state index contributed by atoms with van der Waals surface area (Å²) >= 11 is 0. The summed E-state index contributed by atoms with van der Waals surface area (Å²) in [6.45, 7) is 1.32. The maximum atomic E-state index is 12.9. The molecule has 1 heterocycles. The van der Waals surface area contributed by atoms with Crippen LogP contribution in [-0.4, -0.2) is 25.2 Å². The monoisotopic (exact) mass is 329 g/mol. The Bertz CT molecular complexity index is 511. The Balaban J connectivity index is 1.70. The van der Waals surface area contributed by atoms with Crippen LogP contribution in [0.4, 0.5) is 13.2 Å². The van der Waals surface area contributed by atoms with Crippen molar-refractivity contribution in [3.05, 3.63) is 35.4 Å². The van der Waals surface area contributed by atoms with E-state index in [0.717, 1.165) is 44.8 Å². The van der Waals surface area contributed by atoms with Crippen LogP contribution in [0.5, 0.6) is 0 Å². The number of hydrogen-bond acceptors (Lipinski definition) is 2. The molecule has 0 spiro atoms. The molecule has 0 saturated carbocycles. The molecule has 0 radical (unpaired) electrons. The molecule has 1 N–H and O–H groups in total. The second-order valence-electron chi connectivity index (χ2n) is 5.81. The van der Waals surface area contributed by atoms with Gasteiger partial charge in [-0.2, -0.15) is 13.2 Å². The van der Waals surface area contributed by atoms with Crippen LogP contribution in [-0.2, 0) is 22.1 Å². The molecule has 6 heteroatoms. The van der Waals surface area contributed by atoms with Crippen molar-refractivity contribution in [1.82, 2.24) is 5.32 Å². The fourth-order valence-electron chi connectivity index (χ4n) is 2.78. The van der Waals surface area contributed by atoms with Crippen LogP contribution in [0.3, 0.4) is 0 Å². The van der Waals surface area contributed by atoms with E-state index >= 15 is 0 Å². The van der Waals surface area contributed by atoms with E-state index in [4.69, 9.17) is 4.74 Å². The fourth-order valence-corrected chi connectivity index (χ4v) is 2.78. The van der Waals surface area contributed by atoms with Gasteiger partial charge in [-0.1, -0.05) is 18.2 Å². The van der Waals surface area contributed by atoms with Crippen LogP contribution in [0.2, 0.25) is 0 Å². The smallest absolute Gasteiger partial charge is 0.378 e. The molecule has 1 aliphatic rings. The molecule has 2 rings (SSSR count). The number of hydrogen-bond donors (Lipinski definition) is 1. The minimum Gasteiger partial charge on any atom is -0.378 e. The van der Waals surface area contributed by atoms with Crippen LogP contribution >= 0.6 is 0 Å². The van der Waals surface area contributed by atoms with Crippen LogP contribution < -0.4 is 5.32 Å². The highest BCUT2D eigenvalue weighted by Crippen LogP contribution is 2.31. The normalized spacial score (nSPS) is 18.1. The average Bonchev–Trinajstić information content (AvgIpc) is 2.99. The second-order valence-corrected chi connectivity index (χ2v) is 5.81. The van der Waals surface area contributed by atoms with E-state index in [1.165, 1.54) is 18.2 Å². The second kappa shape index (κ2) is 8.34. The molecule has 23 heavy (non-hydrogen) atoms. The summed E-state index contributed by atoms with van der Waals surface area (Å²) in [7, 11) is 0. The molecule has 1 aliphatic heterocycles. The number of carbonyl (C=O) groups excluding carboxylic acids is 1. The molecule has 0 aromatic heterocycles. The lowest BCUT2D eigenvalue weighted by Gasteiger charge is -2.13. The molecule has 1 fully saturated rings. The van der Waals surface area contributed by atoms with E-state index in [-0.39, 0.29) is 17.9 Å². The van der Waals surface area contributed by atoms with E-state index in [0.29, 0.717) is 12.6 Å². The summed E-state index contributed by atoms with van der Waals surface area (Å²) < 4.78 is 44.1. The molecule has 3 nitrogen and oxygen atoms in total. The Morgan fingerprint density at radius 1 is 1.26 bits per heavy atom. The van der Waals surface area contributed by atoms with Crippen molar-refractivity contribution in [1.29, 1.82) is 0 Å². The van der Waals surface area contributed by atoms with Gasteiger partial charge < -0.3 is 10.1 Å². The number of alkyl halides is 3. The molecule has 1 aromatic carbocycles. The lowest BCUT2D eigenvalue weighted by Crippen LogP contribution is -2.27. The van der Waals surface area contributed by atoms with Crippen molar-refractivity contribution < 1.29 is 22.7 Å². The highest BCUT2D eigenvalue weighted by molar-refractivity contribution is 5.78. The van der Waals surface area contributed by atoms with Gasteiger partial charge >= 0.3 is 6.18 Å². The van der Waals surface area contributed by atoms with Gasteiger partial charge in [0.2, 0.25) is 5.91 Å². The van der Waals surface area contributed by atoms with Crippen LogP contribution in [0.15, 0.2) is 24.3 Å². The summed E-state index contributed by atoms with van der Waals surface area (Å²) in [6, 6.07) is 5.19. The van der Waals surface area contributed by atoms with Gasteiger partial charge in [0.25, 0.3) is 0 Å². The van der Waals surface area contributed by atoms with Gasteiger partial charge in [-0.3, -0.25) is 4.79 Å². The van der Waals surface area contributed by atoms with Gasteiger partial charge in [-0.25, -0.2) is 0 Å². The molecule has 1 aromatic rings. The fraction of sp³-hybridized carbons (Fsp3) is 0.588. The molecule has 128 valence electrons. The van der Waals surface area contributed by atoms with Gasteiger partial charge in [0.1, 0.15) is 0 Å². The van der Waals surface area contributed by atoms with E-state index in [9.17, 15) is 18.0 Å². The Hall–Kier alpha value is -1.56. The number of halogens is 3. The topological polar surface area (TPSA) is 38.3 Å². The van der Waals surface area contributed by atoms with Gasteiger partial charge in [0, 0.05) is 13.2 Å². The van der Waals surface area contributed by atoms with Gasteiger partial charge in [-0.05, 0) is 43.7 Å². The Kier molecular flexibility index (Phi) is 6.45. The van der Waals surface area contributed by atoms with E-state index in [2.05, 4.69) is 5.32 Å². The molecule has 1 amide bonds. The number of benzene rings is 1. The van der Waals surface area contributed by atoms with Crippen molar-refractivity contribution in [2.75, 3.05) is 13.2 Å². The Morgan fingerprint density at radius 2 is 2.04 bits per heavy atom. The zero-order valence-corrected chi connectivity index (χ0v) is 13.0. The zero-order chi connectivity index (χ0) is 16.7. The predicted molar refractivity (Wildman–Crippen MR) is 81.0 cm³/mol. The first-order valence-electron chi connectivity index (χ1n) is 8.00. The van der Waals surface area contributed by atoms with E-state index in [1.807, 2.05) is 0 Å². The van der Waals surface area contributed by atoms with Crippen LogP contribution in [0.1, 0.15) is 43.2 Å². The molecule has 1 saturated heterocycles. The van der Waals surface area contributed by atoms with E-state index in [1.54, 1.807) is 0 Å². The first-order chi connectivity index (χ1) is 11.0. The number of rotatable bonds is 7. The molecule has 0 aliphatic carbocycles. The quantitative estimate of drug-likeness (QED) is 0.775. The number of unbranched alkanes of at least 4 members (excludes halogenated alkanes) is 1. The van der Waals surface area contributed by atoms with Crippen LogP contribution in [0.25, 0.3) is 0 Å². The molecule has 1 atom stereocenters. The first kappa shape index (κ1) is 17.8. The standard InChI is InChI=1S/C17H22F3NO2/c18-17(19,20)15-9-2-1-6-13(15)12-16(22)21-10-4-3-7-14-8-5-11-23-14/h1-2,6,9,14H,3-5,7-8,10-12H2,(H,21,22)/t14-/m0/s1. The van der Waals surface area contributed by atoms with Crippen LogP contribution in [0, 0.1) is 0 Å². The first-order valence-corrected chi connectivity index (χ1v) is 8.00. The lowest BCUT2D eigenvalue weighted by molar-refractivity contribution is -0.138. The summed E-state index contributed by atoms with van der Waals surface area (Å²) in [5, 5.41) is 2.69. The minimum absolute atomic E-state index is 0.0110. The van der Waals surface area contributed by atoms with Gasteiger partial charge in [0.05, 0.1) is 18.1 Å². The molecular formula is C17H22F3NO2. The van der Waals surface area contributed by atoms with Crippen molar-refractivity contribution in [2.24, 2.45) is 0 Å². The maximum Gasteiger partial charge on any atom is 0.416 e. The largest absolute Gasteiger partial charge is 0.416 e. The van der Waals surface area contributed by atoms with E-state index < -0.39 is 11.7 Å². The highest BCUT2D eigenvalue weighted by Gasteiger charge is 2.33. The Labute approximate surface area is 134 Å². The summed E-state index contributed by atoms with van der Waals surface area (Å²) in [6.07, 6.45) is 0.605. The molecular weight excluding hydrogens is 307 g/mol. The van der Waals surface area contributed by atoms with Gasteiger partial charge in [0.15, 0.2) is 0 Å². The SMILES string of the molecule is O=C(Cc1ccccc1C(F)(F)F)NCCCC[C@H]1CCCO1. The summed E-state index contributed by atoms with van der Waals surface area (Å²) in [5.41, 5.74) is -0.731. The molecule has 0 bridgehead atoms. The third-order valence-corrected chi connectivity index (χ3v) is 3.97. The number of ether oxygens (including phenoxy) is 1. The Morgan fingerprint density at radius 3 is 2.74 bits per heavy atom. The third kappa shape index (κ3) is 5.86. The highest BCUT2D eigenvalue weighted by atomic mass is 19.4. The third-order valence-electron chi connectivity index (χ3n) is 3.97. The van der Waals surface area contributed by atoms with Crippen molar-refractivity contribution in [3.63, 3.8) is 0 Å². The van der Waals surface area contributed by atoms with Crippen molar-refractivity contribution >= 4 is 5.91 Å². The van der Waals surface area contributed by atoms with Gasteiger partial charge in [-0.15, -0.1) is 0 Å². The van der Waals surface area contributed by atoms with Crippen molar-refractivity contribution in [3.8, 4) is 0 Å². The van der Waals surface area contributed by atoms with Crippen molar-refractivity contribution in [2.45, 2.75) is 50.8 Å². The predicted octanol–water partition coefficient (Wildman–Crippen LogP) is 3.71. The summed E-state index contributed by atoms with van der Waals surface area (Å²) in [4.78, 5) is 11.8. The number of carbonyl (C=O) groups is 1. The molecule has 0 unspecified atom stereocenters. The zero-order valence-electron chi connectivity index (χ0n) is 13.0.